The number of aldehydes is 1. The van der Waals surface area contributed by atoms with Gasteiger partial charge < -0.3 is 4.90 Å². The van der Waals surface area contributed by atoms with E-state index in [0.29, 0.717) is 5.56 Å². The number of benzene rings is 1. The number of aromatic nitrogens is 1. The summed E-state index contributed by atoms with van der Waals surface area (Å²) >= 11 is 0. The van der Waals surface area contributed by atoms with Gasteiger partial charge in [0.25, 0.3) is 0 Å². The Morgan fingerprint density at radius 3 is 2.89 bits per heavy atom. The highest BCUT2D eigenvalue weighted by molar-refractivity contribution is 5.95. The molecule has 1 heterocycles. The molecule has 0 aliphatic heterocycles. The van der Waals surface area contributed by atoms with Crippen molar-refractivity contribution in [2.75, 3.05) is 18.5 Å². The molecule has 1 aromatic carbocycles. The van der Waals surface area contributed by atoms with Crippen LogP contribution in [0.1, 0.15) is 30.1 Å². The van der Waals surface area contributed by atoms with Crippen LogP contribution in [0.15, 0.2) is 30.5 Å². The van der Waals surface area contributed by atoms with Crippen molar-refractivity contribution in [2.24, 2.45) is 0 Å². The first-order valence-corrected chi connectivity index (χ1v) is 6.31. The molecule has 3 heteroatoms. The van der Waals surface area contributed by atoms with Gasteiger partial charge in [0.15, 0.2) is 0 Å². The monoisotopic (exact) mass is 242 g/mol. The summed E-state index contributed by atoms with van der Waals surface area (Å²) in [6, 6.07) is 7.69. The summed E-state index contributed by atoms with van der Waals surface area (Å²) in [5, 5.41) is 2.16. The number of nitrogens with zero attached hydrogens (tertiary/aromatic N) is 2. The Morgan fingerprint density at radius 2 is 2.17 bits per heavy atom. The highest BCUT2D eigenvalue weighted by Gasteiger charge is 2.07. The maximum atomic E-state index is 10.9. The second-order valence-corrected chi connectivity index (χ2v) is 4.51. The van der Waals surface area contributed by atoms with Crippen molar-refractivity contribution < 1.29 is 4.79 Å². The minimum absolute atomic E-state index is 0.695. The number of rotatable bonds is 5. The summed E-state index contributed by atoms with van der Waals surface area (Å²) in [5.74, 6) is 0.949. The number of unbranched alkanes of at least 4 members (excludes halogenated alkanes) is 1. The molecule has 0 bridgehead atoms. The summed E-state index contributed by atoms with van der Waals surface area (Å²) in [6.07, 6.45) is 5.00. The van der Waals surface area contributed by atoms with Crippen LogP contribution >= 0.6 is 0 Å². The van der Waals surface area contributed by atoms with E-state index in [4.69, 9.17) is 0 Å². The second kappa shape index (κ2) is 5.63. The van der Waals surface area contributed by atoms with Crippen LogP contribution in [0.25, 0.3) is 10.8 Å². The zero-order valence-corrected chi connectivity index (χ0v) is 10.9. The average Bonchev–Trinajstić information content (AvgIpc) is 2.43. The number of carbonyl (C=O) groups is 1. The first kappa shape index (κ1) is 12.6. The fourth-order valence-corrected chi connectivity index (χ4v) is 2.05. The molecule has 0 amide bonds. The van der Waals surface area contributed by atoms with Gasteiger partial charge in [-0.05, 0) is 23.9 Å². The Hall–Kier alpha value is -1.90. The third-order valence-electron chi connectivity index (χ3n) is 3.11. The van der Waals surface area contributed by atoms with E-state index in [9.17, 15) is 4.79 Å². The molecule has 2 aromatic rings. The van der Waals surface area contributed by atoms with Crippen LogP contribution in [0.2, 0.25) is 0 Å². The number of hydrogen-bond acceptors (Lipinski definition) is 3. The predicted octanol–water partition coefficient (Wildman–Crippen LogP) is 3.28. The lowest BCUT2D eigenvalue weighted by Crippen LogP contribution is -2.19. The van der Waals surface area contributed by atoms with E-state index in [1.54, 1.807) is 0 Å². The largest absolute Gasteiger partial charge is 0.359 e. The lowest BCUT2D eigenvalue weighted by molar-refractivity contribution is 0.112. The van der Waals surface area contributed by atoms with E-state index in [2.05, 4.69) is 16.8 Å². The van der Waals surface area contributed by atoms with Gasteiger partial charge in [-0.3, -0.25) is 4.79 Å². The first-order valence-electron chi connectivity index (χ1n) is 6.31. The lowest BCUT2D eigenvalue weighted by atomic mass is 10.1. The van der Waals surface area contributed by atoms with Crippen LogP contribution in [0.4, 0.5) is 5.82 Å². The minimum atomic E-state index is 0.695. The molecule has 18 heavy (non-hydrogen) atoms. The second-order valence-electron chi connectivity index (χ2n) is 4.51. The van der Waals surface area contributed by atoms with Gasteiger partial charge in [-0.25, -0.2) is 4.98 Å². The predicted molar refractivity (Wildman–Crippen MR) is 75.3 cm³/mol. The molecule has 0 radical (unpaired) electrons. The average molecular weight is 242 g/mol. The number of hydrogen-bond donors (Lipinski definition) is 0. The van der Waals surface area contributed by atoms with E-state index in [-0.39, 0.29) is 0 Å². The van der Waals surface area contributed by atoms with Gasteiger partial charge in [0.05, 0.1) is 0 Å². The first-order chi connectivity index (χ1) is 8.76. The zero-order chi connectivity index (χ0) is 13.0. The standard InChI is InChI=1S/C15H18N2O/c1-3-4-9-17(2)15-14-10-12(11-18)5-6-13(14)7-8-16-15/h5-8,10-11H,3-4,9H2,1-2H3. The van der Waals surface area contributed by atoms with Crippen molar-refractivity contribution in [1.82, 2.24) is 4.98 Å². The van der Waals surface area contributed by atoms with Gasteiger partial charge in [0.1, 0.15) is 12.1 Å². The smallest absolute Gasteiger partial charge is 0.150 e. The molecule has 94 valence electrons. The quantitative estimate of drug-likeness (QED) is 0.754. The van der Waals surface area contributed by atoms with Gasteiger partial charge in [-0.15, -0.1) is 0 Å². The third kappa shape index (κ3) is 2.50. The molecule has 0 saturated heterocycles. The molecule has 0 unspecified atom stereocenters. The summed E-state index contributed by atoms with van der Waals surface area (Å²) < 4.78 is 0. The number of anilines is 1. The van der Waals surface area contributed by atoms with E-state index < -0.39 is 0 Å². The molecule has 0 N–H and O–H groups in total. The Bertz CT molecular complexity index is 551. The van der Waals surface area contributed by atoms with Crippen molar-refractivity contribution in [3.05, 3.63) is 36.0 Å². The molecule has 1 aromatic heterocycles. The molecule has 0 atom stereocenters. The highest BCUT2D eigenvalue weighted by atomic mass is 16.1. The summed E-state index contributed by atoms with van der Waals surface area (Å²) in [4.78, 5) is 17.5. The summed E-state index contributed by atoms with van der Waals surface area (Å²) in [7, 11) is 2.05. The molecule has 3 nitrogen and oxygen atoms in total. The SMILES string of the molecule is CCCCN(C)c1nccc2ccc(C=O)cc12. The maximum absolute atomic E-state index is 10.9. The van der Waals surface area contributed by atoms with E-state index in [1.807, 2.05) is 37.5 Å². The molecular formula is C15H18N2O. The van der Waals surface area contributed by atoms with Gasteiger partial charge in [0.2, 0.25) is 0 Å². The fourth-order valence-electron chi connectivity index (χ4n) is 2.05. The van der Waals surface area contributed by atoms with Gasteiger partial charge >= 0.3 is 0 Å². The van der Waals surface area contributed by atoms with Crippen LogP contribution in [0, 0.1) is 0 Å². The van der Waals surface area contributed by atoms with Crippen molar-refractivity contribution in [3.63, 3.8) is 0 Å². The fraction of sp³-hybridized carbons (Fsp3) is 0.333. The molecule has 0 saturated carbocycles. The van der Waals surface area contributed by atoms with Crippen molar-refractivity contribution in [1.29, 1.82) is 0 Å². The Kier molecular flexibility index (Phi) is 3.92. The third-order valence-corrected chi connectivity index (χ3v) is 3.11. The number of carbonyl (C=O) groups excluding carboxylic acids is 1. The lowest BCUT2D eigenvalue weighted by Gasteiger charge is -2.19. The van der Waals surface area contributed by atoms with Crippen molar-refractivity contribution in [2.45, 2.75) is 19.8 Å². The molecule has 2 rings (SSSR count). The maximum Gasteiger partial charge on any atom is 0.150 e. The van der Waals surface area contributed by atoms with Crippen LogP contribution < -0.4 is 4.90 Å². The summed E-state index contributed by atoms with van der Waals surface area (Å²) in [5.41, 5.74) is 0.695. The molecular weight excluding hydrogens is 224 g/mol. The van der Waals surface area contributed by atoms with Crippen LogP contribution in [0.3, 0.4) is 0 Å². The van der Waals surface area contributed by atoms with Gasteiger partial charge in [-0.1, -0.05) is 25.5 Å². The Balaban J connectivity index is 2.45. The van der Waals surface area contributed by atoms with Crippen LogP contribution in [-0.4, -0.2) is 24.9 Å². The summed E-state index contributed by atoms with van der Waals surface area (Å²) in [6.45, 7) is 3.16. The van der Waals surface area contributed by atoms with Crippen LogP contribution in [-0.2, 0) is 0 Å². The number of pyridine rings is 1. The number of fused-ring (bicyclic) bond motifs is 1. The van der Waals surface area contributed by atoms with E-state index in [1.165, 1.54) is 0 Å². The van der Waals surface area contributed by atoms with Crippen molar-refractivity contribution >= 4 is 22.9 Å². The van der Waals surface area contributed by atoms with Crippen molar-refractivity contribution in [3.8, 4) is 0 Å². The zero-order valence-electron chi connectivity index (χ0n) is 10.9. The molecule has 0 fully saturated rings. The minimum Gasteiger partial charge on any atom is -0.359 e. The molecule has 0 aliphatic carbocycles. The topological polar surface area (TPSA) is 33.2 Å². The van der Waals surface area contributed by atoms with E-state index >= 15 is 0 Å². The van der Waals surface area contributed by atoms with E-state index in [0.717, 1.165) is 42.3 Å². The Morgan fingerprint density at radius 1 is 1.33 bits per heavy atom. The van der Waals surface area contributed by atoms with Gasteiger partial charge in [-0.2, -0.15) is 0 Å². The Labute approximate surface area is 107 Å². The normalized spacial score (nSPS) is 10.6. The van der Waals surface area contributed by atoms with Gasteiger partial charge in [0, 0.05) is 30.7 Å². The highest BCUT2D eigenvalue weighted by Crippen LogP contribution is 2.24. The molecule has 0 aliphatic rings. The van der Waals surface area contributed by atoms with Crippen LogP contribution in [0.5, 0.6) is 0 Å². The molecule has 0 spiro atoms.